The van der Waals surface area contributed by atoms with Crippen molar-refractivity contribution >= 4 is 23.0 Å². The highest BCUT2D eigenvalue weighted by Crippen LogP contribution is 2.34. The number of likely N-dealkylation sites (N-methyl/N-ethyl adjacent to an activating group) is 1. The Morgan fingerprint density at radius 1 is 1.17 bits per heavy atom. The molecule has 3 rings (SSSR count). The molecule has 7 heteroatoms. The molecule has 0 radical (unpaired) electrons. The predicted molar refractivity (Wildman–Crippen MR) is 84.4 cm³/mol. The first-order valence-electron chi connectivity index (χ1n) is 7.05. The molecule has 2 aromatic carbocycles. The van der Waals surface area contributed by atoms with Crippen LogP contribution in [0.2, 0.25) is 0 Å². The van der Waals surface area contributed by atoms with Crippen molar-refractivity contribution in [1.82, 2.24) is 0 Å². The van der Waals surface area contributed by atoms with Gasteiger partial charge in [0.2, 0.25) is 0 Å². The van der Waals surface area contributed by atoms with Crippen LogP contribution in [-0.4, -0.2) is 31.0 Å². The van der Waals surface area contributed by atoms with Crippen LogP contribution in [0.4, 0.5) is 21.5 Å². The molecular weight excluding hydrogens is 301 g/mol. The molecule has 1 amide bonds. The third kappa shape index (κ3) is 2.61. The number of nitro benzene ring substituents is 1. The van der Waals surface area contributed by atoms with Crippen molar-refractivity contribution < 1.29 is 14.1 Å². The number of carbonyl (C=O) groups is 1. The summed E-state index contributed by atoms with van der Waals surface area (Å²) in [6, 6.07) is 9.98. The van der Waals surface area contributed by atoms with Gasteiger partial charge in [-0.1, -0.05) is 12.1 Å². The molecule has 0 fully saturated rings. The standard InChI is InChI=1S/C16H14FN3O3/c1-18-8-9-19(15-10-11(17)6-7-14(15)18)16(21)12-4-2-3-5-13(12)20(22)23/h2-7,10H,8-9H2,1H3. The summed E-state index contributed by atoms with van der Waals surface area (Å²) in [5, 5.41) is 11.1. The summed E-state index contributed by atoms with van der Waals surface area (Å²) >= 11 is 0. The highest BCUT2D eigenvalue weighted by molar-refractivity contribution is 6.10. The maximum atomic E-state index is 13.6. The number of hydrogen-bond acceptors (Lipinski definition) is 4. The van der Waals surface area contributed by atoms with Crippen molar-refractivity contribution in [2.75, 3.05) is 29.9 Å². The fourth-order valence-electron chi connectivity index (χ4n) is 2.70. The number of benzene rings is 2. The first-order valence-corrected chi connectivity index (χ1v) is 7.05. The Morgan fingerprint density at radius 3 is 2.65 bits per heavy atom. The highest BCUT2D eigenvalue weighted by atomic mass is 19.1. The Labute approximate surface area is 131 Å². The number of rotatable bonds is 2. The van der Waals surface area contributed by atoms with Crippen LogP contribution in [0.25, 0.3) is 0 Å². The molecule has 0 unspecified atom stereocenters. The minimum absolute atomic E-state index is 0.00253. The Morgan fingerprint density at radius 2 is 1.91 bits per heavy atom. The van der Waals surface area contributed by atoms with Crippen LogP contribution in [0.15, 0.2) is 42.5 Å². The lowest BCUT2D eigenvalue weighted by atomic mass is 10.1. The molecule has 0 aromatic heterocycles. The number of anilines is 2. The molecule has 1 aliphatic heterocycles. The van der Waals surface area contributed by atoms with E-state index in [4.69, 9.17) is 0 Å². The van der Waals surface area contributed by atoms with E-state index in [9.17, 15) is 19.3 Å². The normalized spacial score (nSPS) is 13.7. The van der Waals surface area contributed by atoms with Gasteiger partial charge in [-0.3, -0.25) is 14.9 Å². The zero-order chi connectivity index (χ0) is 16.6. The van der Waals surface area contributed by atoms with E-state index in [1.807, 2.05) is 11.9 Å². The molecule has 118 valence electrons. The smallest absolute Gasteiger partial charge is 0.282 e. The summed E-state index contributed by atoms with van der Waals surface area (Å²) in [6.07, 6.45) is 0. The molecule has 0 aliphatic carbocycles. The van der Waals surface area contributed by atoms with Gasteiger partial charge in [0.25, 0.3) is 11.6 Å². The summed E-state index contributed by atoms with van der Waals surface area (Å²) in [5.41, 5.74) is 0.873. The van der Waals surface area contributed by atoms with Crippen LogP contribution < -0.4 is 9.80 Å². The van der Waals surface area contributed by atoms with Crippen LogP contribution in [0, 0.1) is 15.9 Å². The van der Waals surface area contributed by atoms with Crippen molar-refractivity contribution in [3.63, 3.8) is 0 Å². The van der Waals surface area contributed by atoms with E-state index in [-0.39, 0.29) is 11.3 Å². The van der Waals surface area contributed by atoms with E-state index in [0.29, 0.717) is 24.5 Å². The SMILES string of the molecule is CN1CCN(C(=O)c2ccccc2[N+](=O)[O-])c2cc(F)ccc21. The number of halogens is 1. The van der Waals surface area contributed by atoms with Gasteiger partial charge < -0.3 is 9.80 Å². The van der Waals surface area contributed by atoms with Crippen LogP contribution in [0.1, 0.15) is 10.4 Å². The Hall–Kier alpha value is -2.96. The number of carbonyl (C=O) groups excluding carboxylic acids is 1. The number of nitrogens with zero attached hydrogens (tertiary/aromatic N) is 3. The fourth-order valence-corrected chi connectivity index (χ4v) is 2.70. The van der Waals surface area contributed by atoms with Crippen molar-refractivity contribution in [2.45, 2.75) is 0 Å². The lowest BCUT2D eigenvalue weighted by molar-refractivity contribution is -0.385. The zero-order valence-electron chi connectivity index (χ0n) is 12.4. The summed E-state index contributed by atoms with van der Waals surface area (Å²) in [4.78, 5) is 26.6. The van der Waals surface area contributed by atoms with Crippen molar-refractivity contribution in [3.05, 3.63) is 64.0 Å². The Balaban J connectivity index is 2.07. The van der Waals surface area contributed by atoms with Gasteiger partial charge in [-0.2, -0.15) is 0 Å². The number of hydrogen-bond donors (Lipinski definition) is 0. The van der Waals surface area contributed by atoms with Gasteiger partial charge in [0.1, 0.15) is 11.4 Å². The van der Waals surface area contributed by atoms with Crippen molar-refractivity contribution in [3.8, 4) is 0 Å². The highest BCUT2D eigenvalue weighted by Gasteiger charge is 2.30. The number of para-hydroxylation sites is 1. The largest absolute Gasteiger partial charge is 0.371 e. The Kier molecular flexibility index (Phi) is 3.69. The summed E-state index contributed by atoms with van der Waals surface area (Å²) < 4.78 is 13.6. The number of fused-ring (bicyclic) bond motifs is 1. The molecule has 0 spiro atoms. The number of amides is 1. The Bertz CT molecular complexity index is 794. The molecule has 1 aliphatic rings. The zero-order valence-corrected chi connectivity index (χ0v) is 12.4. The quantitative estimate of drug-likeness (QED) is 0.631. The summed E-state index contributed by atoms with van der Waals surface area (Å²) in [6.45, 7) is 0.892. The average Bonchev–Trinajstić information content (AvgIpc) is 2.54. The van der Waals surface area contributed by atoms with Crippen LogP contribution in [-0.2, 0) is 0 Å². The second-order valence-corrected chi connectivity index (χ2v) is 5.29. The summed E-state index contributed by atoms with van der Waals surface area (Å²) in [5.74, 6) is -0.961. The van der Waals surface area contributed by atoms with E-state index in [1.54, 1.807) is 12.1 Å². The van der Waals surface area contributed by atoms with Crippen LogP contribution in [0.3, 0.4) is 0 Å². The topological polar surface area (TPSA) is 66.7 Å². The molecule has 0 bridgehead atoms. The fraction of sp³-hybridized carbons (Fsp3) is 0.188. The molecule has 2 aromatic rings. The molecule has 0 saturated heterocycles. The van der Waals surface area contributed by atoms with Gasteiger partial charge in [-0.05, 0) is 24.3 Å². The van der Waals surface area contributed by atoms with Gasteiger partial charge in [0.15, 0.2) is 0 Å². The molecule has 0 saturated carbocycles. The van der Waals surface area contributed by atoms with Crippen molar-refractivity contribution in [2.24, 2.45) is 0 Å². The van der Waals surface area contributed by atoms with E-state index in [2.05, 4.69) is 0 Å². The molecule has 23 heavy (non-hydrogen) atoms. The second kappa shape index (κ2) is 5.68. The maximum absolute atomic E-state index is 13.6. The van der Waals surface area contributed by atoms with E-state index < -0.39 is 16.6 Å². The van der Waals surface area contributed by atoms with Gasteiger partial charge >= 0.3 is 0 Å². The van der Waals surface area contributed by atoms with Crippen LogP contribution in [0.5, 0.6) is 0 Å². The monoisotopic (exact) mass is 315 g/mol. The van der Waals surface area contributed by atoms with Gasteiger partial charge in [0.05, 0.1) is 16.3 Å². The third-order valence-corrected chi connectivity index (χ3v) is 3.87. The lowest BCUT2D eigenvalue weighted by Gasteiger charge is -2.35. The van der Waals surface area contributed by atoms with E-state index >= 15 is 0 Å². The molecule has 0 atom stereocenters. The van der Waals surface area contributed by atoms with Crippen molar-refractivity contribution in [1.29, 1.82) is 0 Å². The van der Waals surface area contributed by atoms with E-state index in [0.717, 1.165) is 0 Å². The van der Waals surface area contributed by atoms with Crippen LogP contribution >= 0.6 is 0 Å². The minimum Gasteiger partial charge on any atom is -0.371 e. The summed E-state index contributed by atoms with van der Waals surface area (Å²) in [7, 11) is 1.85. The van der Waals surface area contributed by atoms with Gasteiger partial charge in [-0.15, -0.1) is 0 Å². The maximum Gasteiger partial charge on any atom is 0.282 e. The second-order valence-electron chi connectivity index (χ2n) is 5.29. The molecule has 0 N–H and O–H groups in total. The molecule has 1 heterocycles. The third-order valence-electron chi connectivity index (χ3n) is 3.87. The molecule has 6 nitrogen and oxygen atoms in total. The number of nitro groups is 1. The van der Waals surface area contributed by atoms with Gasteiger partial charge in [0, 0.05) is 26.2 Å². The average molecular weight is 315 g/mol. The minimum atomic E-state index is -0.588. The molecular formula is C16H14FN3O3. The first kappa shape index (κ1) is 15.0. The van der Waals surface area contributed by atoms with Gasteiger partial charge in [-0.25, -0.2) is 4.39 Å². The first-order chi connectivity index (χ1) is 11.0. The lowest BCUT2D eigenvalue weighted by Crippen LogP contribution is -2.43. The van der Waals surface area contributed by atoms with E-state index in [1.165, 1.54) is 35.2 Å². The predicted octanol–water partition coefficient (Wildman–Crippen LogP) is 2.83.